The van der Waals surface area contributed by atoms with Crippen LogP contribution in [0.3, 0.4) is 0 Å². The third-order valence-electron chi connectivity index (χ3n) is 2.25. The van der Waals surface area contributed by atoms with Gasteiger partial charge in [-0.1, -0.05) is 12.1 Å². The molecule has 18 heavy (non-hydrogen) atoms. The molecule has 0 saturated heterocycles. The van der Waals surface area contributed by atoms with Gasteiger partial charge in [0.1, 0.15) is 5.60 Å². The van der Waals surface area contributed by atoms with Crippen LogP contribution in [0.15, 0.2) is 24.3 Å². The zero-order chi connectivity index (χ0) is 13.8. The summed E-state index contributed by atoms with van der Waals surface area (Å²) in [6.45, 7) is 7.29. The number of nitriles is 1. The van der Waals surface area contributed by atoms with Gasteiger partial charge in [-0.3, -0.25) is 0 Å². The van der Waals surface area contributed by atoms with Gasteiger partial charge < -0.3 is 10.1 Å². The lowest BCUT2D eigenvalue weighted by atomic mass is 10.1. The van der Waals surface area contributed by atoms with E-state index in [4.69, 9.17) is 10.00 Å². The summed E-state index contributed by atoms with van der Waals surface area (Å²) in [5, 5.41) is 11.5. The van der Waals surface area contributed by atoms with E-state index >= 15 is 0 Å². The molecule has 1 N–H and O–H groups in total. The number of alkyl carbamates (subject to hydrolysis) is 1. The van der Waals surface area contributed by atoms with Crippen LogP contribution in [0, 0.1) is 11.3 Å². The third-order valence-corrected chi connectivity index (χ3v) is 2.25. The summed E-state index contributed by atoms with van der Waals surface area (Å²) < 4.78 is 5.17. The smallest absolute Gasteiger partial charge is 0.408 e. The minimum Gasteiger partial charge on any atom is -0.444 e. The number of carbonyl (C=O) groups excluding carboxylic acids is 1. The van der Waals surface area contributed by atoms with Gasteiger partial charge >= 0.3 is 6.09 Å². The number of nitrogens with zero attached hydrogens (tertiary/aromatic N) is 1. The molecule has 96 valence electrons. The monoisotopic (exact) mass is 246 g/mol. The Morgan fingerprint density at radius 1 is 1.44 bits per heavy atom. The molecule has 0 aromatic heterocycles. The van der Waals surface area contributed by atoms with Crippen LogP contribution in [-0.2, 0) is 4.74 Å². The zero-order valence-corrected chi connectivity index (χ0v) is 11.2. The Balaban J connectivity index is 2.68. The highest BCUT2D eigenvalue weighted by Crippen LogP contribution is 2.15. The van der Waals surface area contributed by atoms with Crippen LogP contribution in [0.4, 0.5) is 4.79 Å². The predicted molar refractivity (Wildman–Crippen MR) is 68.9 cm³/mol. The van der Waals surface area contributed by atoms with Crippen molar-refractivity contribution in [2.45, 2.75) is 39.3 Å². The number of ether oxygens (including phenoxy) is 1. The normalized spacial score (nSPS) is 12.4. The van der Waals surface area contributed by atoms with Crippen molar-refractivity contribution in [3.63, 3.8) is 0 Å². The first-order valence-corrected chi connectivity index (χ1v) is 5.81. The third kappa shape index (κ3) is 4.46. The Morgan fingerprint density at radius 2 is 2.11 bits per heavy atom. The summed E-state index contributed by atoms with van der Waals surface area (Å²) in [6, 6.07) is 9.00. The molecule has 0 spiro atoms. The number of hydrogen-bond donors (Lipinski definition) is 1. The highest BCUT2D eigenvalue weighted by molar-refractivity contribution is 5.68. The van der Waals surface area contributed by atoms with E-state index in [1.54, 1.807) is 18.2 Å². The largest absolute Gasteiger partial charge is 0.444 e. The molecular formula is C14H18N2O2. The number of amides is 1. The quantitative estimate of drug-likeness (QED) is 0.871. The lowest BCUT2D eigenvalue weighted by Gasteiger charge is -2.22. The minimum atomic E-state index is -0.516. The highest BCUT2D eigenvalue weighted by Gasteiger charge is 2.18. The second kappa shape index (κ2) is 5.54. The Kier molecular flexibility index (Phi) is 4.33. The van der Waals surface area contributed by atoms with Crippen molar-refractivity contribution in [3.8, 4) is 6.07 Å². The molecule has 0 unspecified atom stereocenters. The Bertz CT molecular complexity index is 469. The van der Waals surface area contributed by atoms with Crippen molar-refractivity contribution in [1.29, 1.82) is 5.26 Å². The standard InChI is InChI=1S/C14H18N2O2/c1-10(16-13(17)18-14(2,3)4)12-7-5-6-11(8-12)9-15/h5-8,10H,1-4H3,(H,16,17)/t10-/m0/s1. The van der Waals surface area contributed by atoms with E-state index in [-0.39, 0.29) is 6.04 Å². The number of benzene rings is 1. The van der Waals surface area contributed by atoms with E-state index in [2.05, 4.69) is 11.4 Å². The molecule has 0 saturated carbocycles. The van der Waals surface area contributed by atoms with Gasteiger partial charge in [-0.05, 0) is 45.4 Å². The molecule has 1 amide bonds. The van der Waals surface area contributed by atoms with E-state index in [1.165, 1.54) is 0 Å². The van der Waals surface area contributed by atoms with E-state index in [0.29, 0.717) is 5.56 Å². The van der Waals surface area contributed by atoms with E-state index in [9.17, 15) is 4.79 Å². The first-order chi connectivity index (χ1) is 8.31. The van der Waals surface area contributed by atoms with Gasteiger partial charge in [0, 0.05) is 0 Å². The molecule has 4 nitrogen and oxygen atoms in total. The highest BCUT2D eigenvalue weighted by atomic mass is 16.6. The maximum absolute atomic E-state index is 11.6. The Morgan fingerprint density at radius 3 is 2.67 bits per heavy atom. The van der Waals surface area contributed by atoms with Gasteiger partial charge in [0.25, 0.3) is 0 Å². The zero-order valence-electron chi connectivity index (χ0n) is 11.2. The number of nitrogens with one attached hydrogen (secondary N) is 1. The molecule has 0 heterocycles. The summed E-state index contributed by atoms with van der Waals surface area (Å²) in [4.78, 5) is 11.6. The predicted octanol–water partition coefficient (Wildman–Crippen LogP) is 3.14. The lowest BCUT2D eigenvalue weighted by Crippen LogP contribution is -2.34. The van der Waals surface area contributed by atoms with Crippen molar-refractivity contribution < 1.29 is 9.53 Å². The van der Waals surface area contributed by atoms with Crippen LogP contribution in [0.2, 0.25) is 0 Å². The average molecular weight is 246 g/mol. The molecule has 1 aromatic carbocycles. The van der Waals surface area contributed by atoms with Crippen LogP contribution in [-0.4, -0.2) is 11.7 Å². The molecule has 0 aliphatic rings. The summed E-state index contributed by atoms with van der Waals surface area (Å²) >= 11 is 0. The lowest BCUT2D eigenvalue weighted by molar-refractivity contribution is 0.0508. The number of rotatable bonds is 2. The molecule has 0 radical (unpaired) electrons. The minimum absolute atomic E-state index is 0.201. The van der Waals surface area contributed by atoms with E-state index < -0.39 is 11.7 Å². The summed E-state index contributed by atoms with van der Waals surface area (Å²) in [6.07, 6.45) is -0.461. The second-order valence-electron chi connectivity index (χ2n) is 5.11. The van der Waals surface area contributed by atoms with Crippen molar-refractivity contribution >= 4 is 6.09 Å². The molecule has 1 aromatic rings. The molecule has 0 fully saturated rings. The Labute approximate surface area is 108 Å². The van der Waals surface area contributed by atoms with Gasteiger partial charge in [0.2, 0.25) is 0 Å². The fourth-order valence-electron chi connectivity index (χ4n) is 1.45. The molecule has 0 aliphatic carbocycles. The first-order valence-electron chi connectivity index (χ1n) is 5.81. The molecule has 4 heteroatoms. The summed E-state index contributed by atoms with van der Waals surface area (Å²) in [7, 11) is 0. The van der Waals surface area contributed by atoms with Crippen LogP contribution < -0.4 is 5.32 Å². The number of carbonyl (C=O) groups is 1. The first kappa shape index (κ1) is 14.0. The van der Waals surface area contributed by atoms with E-state index in [1.807, 2.05) is 33.8 Å². The summed E-state index contributed by atoms with van der Waals surface area (Å²) in [5.74, 6) is 0. The SMILES string of the molecule is C[C@H](NC(=O)OC(C)(C)C)c1cccc(C#N)c1. The molecule has 0 bridgehead atoms. The molecule has 0 aliphatic heterocycles. The topological polar surface area (TPSA) is 62.1 Å². The molecular weight excluding hydrogens is 228 g/mol. The average Bonchev–Trinajstić information content (AvgIpc) is 2.26. The van der Waals surface area contributed by atoms with Gasteiger partial charge in [0.05, 0.1) is 17.7 Å². The van der Waals surface area contributed by atoms with E-state index in [0.717, 1.165) is 5.56 Å². The molecule has 1 atom stereocenters. The van der Waals surface area contributed by atoms with Crippen molar-refractivity contribution in [3.05, 3.63) is 35.4 Å². The maximum atomic E-state index is 11.6. The van der Waals surface area contributed by atoms with Crippen LogP contribution in [0.25, 0.3) is 0 Å². The fourth-order valence-corrected chi connectivity index (χ4v) is 1.45. The van der Waals surface area contributed by atoms with Gasteiger partial charge in [0.15, 0.2) is 0 Å². The van der Waals surface area contributed by atoms with Crippen molar-refractivity contribution in [1.82, 2.24) is 5.32 Å². The fraction of sp³-hybridized carbons (Fsp3) is 0.429. The van der Waals surface area contributed by atoms with Gasteiger partial charge in [-0.25, -0.2) is 4.79 Å². The van der Waals surface area contributed by atoms with Gasteiger partial charge in [-0.15, -0.1) is 0 Å². The van der Waals surface area contributed by atoms with Crippen LogP contribution in [0.5, 0.6) is 0 Å². The Hall–Kier alpha value is -2.02. The second-order valence-corrected chi connectivity index (χ2v) is 5.11. The van der Waals surface area contributed by atoms with Crippen molar-refractivity contribution in [2.24, 2.45) is 0 Å². The van der Waals surface area contributed by atoms with Gasteiger partial charge in [-0.2, -0.15) is 5.26 Å². The molecule has 1 rings (SSSR count). The van der Waals surface area contributed by atoms with Crippen LogP contribution >= 0.6 is 0 Å². The van der Waals surface area contributed by atoms with Crippen LogP contribution in [0.1, 0.15) is 44.9 Å². The maximum Gasteiger partial charge on any atom is 0.408 e. The summed E-state index contributed by atoms with van der Waals surface area (Å²) in [5.41, 5.74) is 0.934. The number of hydrogen-bond acceptors (Lipinski definition) is 3. The van der Waals surface area contributed by atoms with Crippen molar-refractivity contribution in [2.75, 3.05) is 0 Å².